The summed E-state index contributed by atoms with van der Waals surface area (Å²) in [5.41, 5.74) is 3.76. The summed E-state index contributed by atoms with van der Waals surface area (Å²) < 4.78 is 13.4. The molecule has 4 rings (SSSR count). The fourth-order valence-corrected chi connectivity index (χ4v) is 3.71. The topological polar surface area (TPSA) is 48.7 Å². The van der Waals surface area contributed by atoms with Crippen LogP contribution in [0.4, 0.5) is 10.1 Å². The number of hydrogen-bond donors (Lipinski definition) is 1. The maximum Gasteiger partial charge on any atom is 0.136 e. The molecule has 136 valence electrons. The van der Waals surface area contributed by atoms with Gasteiger partial charge in [0.05, 0.1) is 5.69 Å². The van der Waals surface area contributed by atoms with Crippen LogP contribution in [-0.4, -0.2) is 4.98 Å². The molecule has 0 amide bonds. The van der Waals surface area contributed by atoms with Crippen molar-refractivity contribution in [3.8, 4) is 17.3 Å². The van der Waals surface area contributed by atoms with Gasteiger partial charge < -0.3 is 5.32 Å². The van der Waals surface area contributed by atoms with Gasteiger partial charge in [0.15, 0.2) is 0 Å². The van der Waals surface area contributed by atoms with E-state index in [2.05, 4.69) is 40.6 Å². The van der Waals surface area contributed by atoms with Crippen LogP contribution in [0.1, 0.15) is 10.6 Å². The number of aromatic nitrogens is 1. The quantitative estimate of drug-likeness (QED) is 0.414. The Morgan fingerprint density at radius 2 is 1.93 bits per heavy atom. The third-order valence-corrected chi connectivity index (χ3v) is 5.35. The average molecular weight is 385 g/mol. The highest BCUT2D eigenvalue weighted by Crippen LogP contribution is 2.28. The summed E-state index contributed by atoms with van der Waals surface area (Å²) in [4.78, 5) is 4.62. The van der Waals surface area contributed by atoms with Gasteiger partial charge in [-0.15, -0.1) is 11.3 Å². The highest BCUT2D eigenvalue weighted by atomic mass is 32.1. The van der Waals surface area contributed by atoms with Gasteiger partial charge in [-0.1, -0.05) is 42.5 Å². The third kappa shape index (κ3) is 3.64. The molecule has 0 aliphatic heterocycles. The van der Waals surface area contributed by atoms with Gasteiger partial charge in [-0.2, -0.15) is 5.26 Å². The molecule has 4 aromatic rings. The molecule has 0 radical (unpaired) electrons. The molecule has 0 aliphatic carbocycles. The zero-order valence-electron chi connectivity index (χ0n) is 15.1. The Morgan fingerprint density at radius 3 is 2.75 bits per heavy atom. The maximum absolute atomic E-state index is 13.4. The number of nitrogens with zero attached hydrogens (tertiary/aromatic N) is 2. The average Bonchev–Trinajstić information content (AvgIpc) is 3.20. The Morgan fingerprint density at radius 1 is 1.11 bits per heavy atom. The Bertz CT molecular complexity index is 1230. The van der Waals surface area contributed by atoms with Gasteiger partial charge in [-0.25, -0.2) is 9.37 Å². The predicted molar refractivity (Wildman–Crippen MR) is 113 cm³/mol. The molecule has 0 saturated heterocycles. The lowest BCUT2D eigenvalue weighted by molar-refractivity contribution is 0.628. The van der Waals surface area contributed by atoms with E-state index in [1.165, 1.54) is 28.9 Å². The van der Waals surface area contributed by atoms with Gasteiger partial charge in [0.1, 0.15) is 22.5 Å². The van der Waals surface area contributed by atoms with Gasteiger partial charge in [0.25, 0.3) is 0 Å². The van der Waals surface area contributed by atoms with Crippen LogP contribution in [0, 0.1) is 24.1 Å². The number of halogens is 1. The lowest BCUT2D eigenvalue weighted by Crippen LogP contribution is -1.94. The second kappa shape index (κ2) is 7.63. The Balaban J connectivity index is 1.62. The molecule has 3 aromatic carbocycles. The summed E-state index contributed by atoms with van der Waals surface area (Å²) in [6.07, 6.45) is 1.57. The summed E-state index contributed by atoms with van der Waals surface area (Å²) in [6.45, 7) is 1.88. The van der Waals surface area contributed by atoms with Crippen molar-refractivity contribution in [2.75, 3.05) is 5.32 Å². The third-order valence-electron chi connectivity index (χ3n) is 4.47. The lowest BCUT2D eigenvalue weighted by Gasteiger charge is -2.05. The largest absolute Gasteiger partial charge is 0.360 e. The number of anilines is 1. The molecule has 0 bridgehead atoms. The highest BCUT2D eigenvalue weighted by molar-refractivity contribution is 7.11. The van der Waals surface area contributed by atoms with E-state index in [9.17, 15) is 9.65 Å². The zero-order chi connectivity index (χ0) is 19.5. The number of rotatable bonds is 4. The van der Waals surface area contributed by atoms with Crippen LogP contribution in [0.2, 0.25) is 0 Å². The van der Waals surface area contributed by atoms with Crippen LogP contribution in [0.3, 0.4) is 0 Å². The molecule has 0 unspecified atom stereocenters. The van der Waals surface area contributed by atoms with Crippen LogP contribution in [-0.2, 0) is 0 Å². The minimum Gasteiger partial charge on any atom is -0.360 e. The molecular formula is C23H16FN3S. The van der Waals surface area contributed by atoms with E-state index >= 15 is 0 Å². The second-order valence-electron chi connectivity index (χ2n) is 6.37. The number of allylic oxidation sites excluding steroid dienone is 1. The second-order valence-corrected chi connectivity index (χ2v) is 7.23. The standard InChI is InChI=1S/C23H16FN3S/c1-15-6-9-20(24)11-21(15)26-13-19(12-25)23-27-22(14-28-23)18-8-7-16-4-2-3-5-17(16)10-18/h2-11,13-14,26H,1H3. The molecule has 5 heteroatoms. The van der Waals surface area contributed by atoms with Gasteiger partial charge in [0, 0.05) is 22.8 Å². The molecule has 0 atom stereocenters. The van der Waals surface area contributed by atoms with Crippen LogP contribution < -0.4 is 5.32 Å². The summed E-state index contributed by atoms with van der Waals surface area (Å²) in [7, 11) is 0. The number of thiazole rings is 1. The van der Waals surface area contributed by atoms with Gasteiger partial charge in [-0.05, 0) is 41.5 Å². The first-order chi connectivity index (χ1) is 13.6. The van der Waals surface area contributed by atoms with Crippen molar-refractivity contribution in [2.45, 2.75) is 6.92 Å². The Hall–Kier alpha value is -3.49. The first kappa shape index (κ1) is 17.9. The van der Waals surface area contributed by atoms with Crippen molar-refractivity contribution in [2.24, 2.45) is 0 Å². The smallest absolute Gasteiger partial charge is 0.136 e. The fourth-order valence-electron chi connectivity index (χ4n) is 2.92. The zero-order valence-corrected chi connectivity index (χ0v) is 15.9. The highest BCUT2D eigenvalue weighted by Gasteiger charge is 2.10. The van der Waals surface area contributed by atoms with E-state index in [1.54, 1.807) is 12.3 Å². The van der Waals surface area contributed by atoms with Crippen molar-refractivity contribution in [3.05, 3.63) is 88.6 Å². The van der Waals surface area contributed by atoms with E-state index in [1.807, 2.05) is 30.5 Å². The normalized spacial score (nSPS) is 11.4. The Labute approximate surface area is 166 Å². The van der Waals surface area contributed by atoms with Crippen molar-refractivity contribution < 1.29 is 4.39 Å². The number of nitrogens with one attached hydrogen (secondary N) is 1. The number of benzene rings is 3. The molecule has 28 heavy (non-hydrogen) atoms. The summed E-state index contributed by atoms with van der Waals surface area (Å²) in [5.74, 6) is -0.326. The lowest BCUT2D eigenvalue weighted by atomic mass is 10.1. The van der Waals surface area contributed by atoms with E-state index in [0.29, 0.717) is 16.3 Å². The number of fused-ring (bicyclic) bond motifs is 1. The van der Waals surface area contributed by atoms with E-state index in [0.717, 1.165) is 22.2 Å². The Kier molecular flexibility index (Phi) is 4.88. The van der Waals surface area contributed by atoms with Crippen molar-refractivity contribution in [1.29, 1.82) is 5.26 Å². The summed E-state index contributed by atoms with van der Waals surface area (Å²) in [5, 5.41) is 17.4. The van der Waals surface area contributed by atoms with Gasteiger partial charge in [0.2, 0.25) is 0 Å². The van der Waals surface area contributed by atoms with Crippen molar-refractivity contribution in [1.82, 2.24) is 4.98 Å². The van der Waals surface area contributed by atoms with Crippen LogP contribution in [0.15, 0.2) is 72.2 Å². The first-order valence-corrected chi connectivity index (χ1v) is 9.60. The molecule has 0 fully saturated rings. The summed E-state index contributed by atoms with van der Waals surface area (Å²) >= 11 is 1.41. The predicted octanol–water partition coefficient (Wildman–Crippen LogP) is 6.39. The van der Waals surface area contributed by atoms with E-state index in [4.69, 9.17) is 0 Å². The van der Waals surface area contributed by atoms with Gasteiger partial charge in [-0.3, -0.25) is 0 Å². The maximum atomic E-state index is 13.4. The first-order valence-electron chi connectivity index (χ1n) is 8.72. The molecule has 0 saturated carbocycles. The molecule has 1 aromatic heterocycles. The molecule has 1 N–H and O–H groups in total. The summed E-state index contributed by atoms with van der Waals surface area (Å²) in [6, 6.07) is 21.0. The van der Waals surface area contributed by atoms with E-state index in [-0.39, 0.29) is 5.82 Å². The number of hydrogen-bond acceptors (Lipinski definition) is 4. The number of nitriles is 1. The van der Waals surface area contributed by atoms with Crippen LogP contribution in [0.25, 0.3) is 27.6 Å². The molecule has 0 spiro atoms. The fraction of sp³-hybridized carbons (Fsp3) is 0.0435. The van der Waals surface area contributed by atoms with Crippen LogP contribution in [0.5, 0.6) is 0 Å². The molecule has 3 nitrogen and oxygen atoms in total. The van der Waals surface area contributed by atoms with Crippen molar-refractivity contribution in [3.63, 3.8) is 0 Å². The monoisotopic (exact) mass is 385 g/mol. The van der Waals surface area contributed by atoms with Gasteiger partial charge >= 0.3 is 0 Å². The van der Waals surface area contributed by atoms with E-state index < -0.39 is 0 Å². The molecule has 0 aliphatic rings. The minimum absolute atomic E-state index is 0.326. The van der Waals surface area contributed by atoms with Crippen molar-refractivity contribution >= 4 is 33.4 Å². The number of aryl methyl sites for hydroxylation is 1. The minimum atomic E-state index is -0.326. The molecule has 1 heterocycles. The van der Waals surface area contributed by atoms with Crippen LogP contribution >= 0.6 is 11.3 Å². The molecular weight excluding hydrogens is 369 g/mol. The SMILES string of the molecule is Cc1ccc(F)cc1NC=C(C#N)c1nc(-c2ccc3ccccc3c2)cs1.